The van der Waals surface area contributed by atoms with E-state index in [1.165, 1.54) is 17.4 Å². The Labute approximate surface area is 171 Å². The number of nitrogens with zero attached hydrogens (tertiary/aromatic N) is 2. The Bertz CT molecular complexity index is 864. The maximum Gasteiger partial charge on any atom is 0.243 e. The van der Waals surface area contributed by atoms with E-state index in [1.807, 2.05) is 6.92 Å². The standard InChI is InChI=1S/C20H23F2N3O3S/c1-12(25-6-4-13(5-7-25)19-27-8-9-28-19)18(26)24-20-23-17(11-29-20)14-2-3-15(21)16(22)10-14/h2-3,10-13,19H,4-9H2,1H3,(H,23,24,26). The Morgan fingerprint density at radius 1 is 1.24 bits per heavy atom. The number of likely N-dealkylation sites (tertiary alicyclic amines) is 1. The third-order valence-corrected chi connectivity index (χ3v) is 6.24. The van der Waals surface area contributed by atoms with Crippen LogP contribution in [0.4, 0.5) is 13.9 Å². The molecule has 9 heteroatoms. The number of anilines is 1. The lowest BCUT2D eigenvalue weighted by Gasteiger charge is -2.36. The first-order valence-corrected chi connectivity index (χ1v) is 10.6. The number of carbonyl (C=O) groups excluding carboxylic acids is 1. The summed E-state index contributed by atoms with van der Waals surface area (Å²) in [5.41, 5.74) is 0.960. The first kappa shape index (κ1) is 20.3. The van der Waals surface area contributed by atoms with E-state index in [-0.39, 0.29) is 18.2 Å². The van der Waals surface area contributed by atoms with Crippen molar-refractivity contribution in [2.75, 3.05) is 31.6 Å². The number of hydrogen-bond acceptors (Lipinski definition) is 6. The number of rotatable bonds is 5. The minimum atomic E-state index is -0.925. The third kappa shape index (κ3) is 4.63. The summed E-state index contributed by atoms with van der Waals surface area (Å²) in [5.74, 6) is -1.59. The third-order valence-electron chi connectivity index (χ3n) is 5.48. The Hall–Kier alpha value is -1.94. The van der Waals surface area contributed by atoms with Crippen molar-refractivity contribution in [3.63, 3.8) is 0 Å². The number of thiazole rings is 1. The van der Waals surface area contributed by atoms with Gasteiger partial charge in [-0.3, -0.25) is 9.69 Å². The second-order valence-corrected chi connectivity index (χ2v) is 8.17. The van der Waals surface area contributed by atoms with Crippen LogP contribution in [0.15, 0.2) is 23.6 Å². The van der Waals surface area contributed by atoms with E-state index in [2.05, 4.69) is 15.2 Å². The normalized spacial score (nSPS) is 20.1. The van der Waals surface area contributed by atoms with Gasteiger partial charge < -0.3 is 14.8 Å². The summed E-state index contributed by atoms with van der Waals surface area (Å²) in [6.45, 7) is 4.80. The van der Waals surface area contributed by atoms with E-state index >= 15 is 0 Å². The van der Waals surface area contributed by atoms with Crippen LogP contribution in [-0.2, 0) is 14.3 Å². The number of amides is 1. The molecule has 0 radical (unpaired) electrons. The highest BCUT2D eigenvalue weighted by atomic mass is 32.1. The topological polar surface area (TPSA) is 63.7 Å². The van der Waals surface area contributed by atoms with Gasteiger partial charge in [0.2, 0.25) is 5.91 Å². The molecule has 3 heterocycles. The molecule has 1 aromatic heterocycles. The summed E-state index contributed by atoms with van der Waals surface area (Å²) in [7, 11) is 0. The van der Waals surface area contributed by atoms with Crippen molar-refractivity contribution in [2.24, 2.45) is 5.92 Å². The molecule has 0 aliphatic carbocycles. The van der Waals surface area contributed by atoms with E-state index in [9.17, 15) is 13.6 Å². The predicted molar refractivity (Wildman–Crippen MR) is 106 cm³/mol. The molecule has 0 bridgehead atoms. The fraction of sp³-hybridized carbons (Fsp3) is 0.500. The number of aromatic nitrogens is 1. The largest absolute Gasteiger partial charge is 0.350 e. The number of hydrogen-bond donors (Lipinski definition) is 1. The minimum absolute atomic E-state index is 0.105. The fourth-order valence-electron chi connectivity index (χ4n) is 3.72. The average Bonchev–Trinajstić information content (AvgIpc) is 3.42. The maximum atomic E-state index is 13.4. The molecule has 0 spiro atoms. The number of piperidine rings is 1. The quantitative estimate of drug-likeness (QED) is 0.798. The van der Waals surface area contributed by atoms with Gasteiger partial charge in [-0.1, -0.05) is 0 Å². The van der Waals surface area contributed by atoms with Crippen LogP contribution < -0.4 is 5.32 Å². The summed E-state index contributed by atoms with van der Waals surface area (Å²) in [5, 5.41) is 4.97. The first-order chi connectivity index (χ1) is 14.0. The van der Waals surface area contributed by atoms with Gasteiger partial charge in [-0.15, -0.1) is 11.3 Å². The van der Waals surface area contributed by atoms with Crippen LogP contribution in [-0.4, -0.2) is 54.4 Å². The SMILES string of the molecule is CC(C(=O)Nc1nc(-c2ccc(F)c(F)c2)cs1)N1CCC(C2OCCO2)CC1. The second kappa shape index (κ2) is 8.83. The first-order valence-electron chi connectivity index (χ1n) is 9.70. The minimum Gasteiger partial charge on any atom is -0.350 e. The zero-order valence-electron chi connectivity index (χ0n) is 16.1. The van der Waals surface area contributed by atoms with Crippen LogP contribution in [0.25, 0.3) is 11.3 Å². The molecule has 0 saturated carbocycles. The molecule has 1 atom stereocenters. The Kier molecular flexibility index (Phi) is 6.19. The molecule has 2 fully saturated rings. The lowest BCUT2D eigenvalue weighted by molar-refractivity contribution is -0.123. The van der Waals surface area contributed by atoms with Crippen molar-refractivity contribution in [3.05, 3.63) is 35.2 Å². The molecule has 2 aromatic rings. The van der Waals surface area contributed by atoms with Crippen molar-refractivity contribution in [1.29, 1.82) is 0 Å². The van der Waals surface area contributed by atoms with Crippen LogP contribution >= 0.6 is 11.3 Å². The Morgan fingerprint density at radius 3 is 2.66 bits per heavy atom. The van der Waals surface area contributed by atoms with Gasteiger partial charge in [0.15, 0.2) is 23.1 Å². The van der Waals surface area contributed by atoms with E-state index < -0.39 is 11.6 Å². The van der Waals surface area contributed by atoms with Crippen LogP contribution in [0.3, 0.4) is 0 Å². The van der Waals surface area contributed by atoms with Crippen molar-refractivity contribution in [2.45, 2.75) is 32.1 Å². The monoisotopic (exact) mass is 423 g/mol. The van der Waals surface area contributed by atoms with Gasteiger partial charge >= 0.3 is 0 Å². The van der Waals surface area contributed by atoms with Crippen molar-refractivity contribution < 1.29 is 23.0 Å². The van der Waals surface area contributed by atoms with Crippen LogP contribution in [0.1, 0.15) is 19.8 Å². The Balaban J connectivity index is 1.32. The summed E-state index contributed by atoms with van der Waals surface area (Å²) in [6.07, 6.45) is 1.76. The van der Waals surface area contributed by atoms with Gasteiger partial charge in [0.1, 0.15) is 0 Å². The molecule has 1 amide bonds. The highest BCUT2D eigenvalue weighted by Gasteiger charge is 2.33. The van der Waals surface area contributed by atoms with E-state index in [0.29, 0.717) is 35.5 Å². The molecule has 6 nitrogen and oxygen atoms in total. The molecular weight excluding hydrogens is 400 g/mol. The van der Waals surface area contributed by atoms with Crippen molar-refractivity contribution >= 4 is 22.4 Å². The molecule has 1 unspecified atom stereocenters. The summed E-state index contributed by atoms with van der Waals surface area (Å²) >= 11 is 1.25. The van der Waals surface area contributed by atoms with Crippen LogP contribution in [0.5, 0.6) is 0 Å². The summed E-state index contributed by atoms with van der Waals surface area (Å²) < 4.78 is 37.7. The smallest absolute Gasteiger partial charge is 0.243 e. The molecule has 2 aliphatic heterocycles. The molecule has 4 rings (SSSR count). The second-order valence-electron chi connectivity index (χ2n) is 7.32. The molecule has 156 valence electrons. The zero-order valence-corrected chi connectivity index (χ0v) is 16.9. The van der Waals surface area contributed by atoms with Gasteiger partial charge in [-0.05, 0) is 51.1 Å². The van der Waals surface area contributed by atoms with Crippen LogP contribution in [0, 0.1) is 17.6 Å². The van der Waals surface area contributed by atoms with Gasteiger partial charge in [-0.25, -0.2) is 13.8 Å². The Morgan fingerprint density at radius 2 is 1.97 bits per heavy atom. The van der Waals surface area contributed by atoms with E-state index in [1.54, 1.807) is 5.38 Å². The van der Waals surface area contributed by atoms with Gasteiger partial charge in [0.25, 0.3) is 0 Å². The van der Waals surface area contributed by atoms with E-state index in [4.69, 9.17) is 9.47 Å². The highest BCUT2D eigenvalue weighted by Crippen LogP contribution is 2.28. The van der Waals surface area contributed by atoms with E-state index in [0.717, 1.165) is 38.1 Å². The predicted octanol–water partition coefficient (Wildman–Crippen LogP) is 3.50. The summed E-state index contributed by atoms with van der Waals surface area (Å²) in [4.78, 5) is 19.1. The van der Waals surface area contributed by atoms with Gasteiger partial charge in [0.05, 0.1) is 24.9 Å². The number of ether oxygens (including phenoxy) is 2. The van der Waals surface area contributed by atoms with Crippen molar-refractivity contribution in [1.82, 2.24) is 9.88 Å². The van der Waals surface area contributed by atoms with Gasteiger partial charge in [-0.2, -0.15) is 0 Å². The molecule has 1 N–H and O–H groups in total. The van der Waals surface area contributed by atoms with Crippen LogP contribution in [0.2, 0.25) is 0 Å². The average molecular weight is 423 g/mol. The lowest BCUT2D eigenvalue weighted by Crippen LogP contribution is -2.47. The highest BCUT2D eigenvalue weighted by molar-refractivity contribution is 7.14. The molecular formula is C20H23F2N3O3S. The summed E-state index contributed by atoms with van der Waals surface area (Å²) in [6, 6.07) is 3.33. The number of carbonyl (C=O) groups is 1. The fourth-order valence-corrected chi connectivity index (χ4v) is 4.45. The number of halogens is 2. The van der Waals surface area contributed by atoms with Gasteiger partial charge in [0, 0.05) is 16.9 Å². The number of benzene rings is 1. The lowest BCUT2D eigenvalue weighted by atomic mass is 9.95. The zero-order chi connectivity index (χ0) is 20.4. The molecule has 2 saturated heterocycles. The van der Waals surface area contributed by atoms with Crippen molar-refractivity contribution in [3.8, 4) is 11.3 Å². The molecule has 2 aliphatic rings. The molecule has 29 heavy (non-hydrogen) atoms. The molecule has 1 aromatic carbocycles. The number of nitrogens with one attached hydrogen (secondary N) is 1. The maximum absolute atomic E-state index is 13.4.